The number of carbonyl (C=O) groups is 1. The van der Waals surface area contributed by atoms with Gasteiger partial charge in [-0.05, 0) is 17.0 Å². The Morgan fingerprint density at radius 2 is 1.94 bits per heavy atom. The molecule has 0 aliphatic carbocycles. The Kier molecular flexibility index (Phi) is 2.72. The highest BCUT2D eigenvalue weighted by molar-refractivity contribution is 5.93. The third-order valence-corrected chi connectivity index (χ3v) is 2.88. The van der Waals surface area contributed by atoms with Gasteiger partial charge in [0.1, 0.15) is 0 Å². The number of rotatable bonds is 0. The average Bonchev–Trinajstić information content (AvgIpc) is 2.34. The van der Waals surface area contributed by atoms with Crippen LogP contribution >= 0.6 is 0 Å². The van der Waals surface area contributed by atoms with E-state index in [0.29, 0.717) is 6.54 Å². The quantitative estimate of drug-likeness (QED) is 0.701. The van der Waals surface area contributed by atoms with Crippen molar-refractivity contribution in [2.75, 3.05) is 11.9 Å². The second kappa shape index (κ2) is 3.91. The highest BCUT2D eigenvalue weighted by atomic mass is 16.1. The molecule has 0 bridgehead atoms. The van der Waals surface area contributed by atoms with Gasteiger partial charge in [-0.2, -0.15) is 0 Å². The van der Waals surface area contributed by atoms with E-state index in [-0.39, 0.29) is 17.4 Å². The molecule has 1 aliphatic heterocycles. The van der Waals surface area contributed by atoms with Crippen LogP contribution in [-0.4, -0.2) is 12.5 Å². The zero-order valence-corrected chi connectivity index (χ0v) is 10.0. The first kappa shape index (κ1) is 11.1. The van der Waals surface area contributed by atoms with Crippen LogP contribution in [0, 0.1) is 5.41 Å². The zero-order chi connectivity index (χ0) is 11.8. The fraction of sp³-hybridized carbons (Fsp3) is 0.462. The molecule has 3 heteroatoms. The van der Waals surface area contributed by atoms with Gasteiger partial charge in [-0.15, -0.1) is 0 Å². The summed E-state index contributed by atoms with van der Waals surface area (Å²) in [6.45, 7) is 6.91. The zero-order valence-electron chi connectivity index (χ0n) is 10.0. The Morgan fingerprint density at radius 1 is 1.25 bits per heavy atom. The highest BCUT2D eigenvalue weighted by Crippen LogP contribution is 2.37. The molecule has 3 nitrogen and oxygen atoms in total. The SMILES string of the molecule is CC(C)(C)C1NCC(=O)Nc2ccccc21. The summed E-state index contributed by atoms with van der Waals surface area (Å²) in [6, 6.07) is 8.19. The van der Waals surface area contributed by atoms with E-state index in [0.717, 1.165) is 5.69 Å². The first-order chi connectivity index (χ1) is 7.48. The van der Waals surface area contributed by atoms with Crippen molar-refractivity contribution in [2.45, 2.75) is 26.8 Å². The molecule has 1 amide bonds. The summed E-state index contributed by atoms with van der Waals surface area (Å²) >= 11 is 0. The molecular formula is C13H18N2O. The van der Waals surface area contributed by atoms with Gasteiger partial charge >= 0.3 is 0 Å². The molecule has 0 radical (unpaired) electrons. The number of benzene rings is 1. The van der Waals surface area contributed by atoms with Crippen molar-refractivity contribution in [3.8, 4) is 0 Å². The molecule has 86 valence electrons. The van der Waals surface area contributed by atoms with Gasteiger partial charge in [-0.25, -0.2) is 0 Å². The predicted octanol–water partition coefficient (Wildman–Crippen LogP) is 2.32. The van der Waals surface area contributed by atoms with Gasteiger partial charge in [0.15, 0.2) is 0 Å². The highest BCUT2D eigenvalue weighted by Gasteiger charge is 2.30. The Bertz CT molecular complexity index is 407. The lowest BCUT2D eigenvalue weighted by atomic mass is 9.82. The third-order valence-electron chi connectivity index (χ3n) is 2.88. The molecule has 1 atom stereocenters. The van der Waals surface area contributed by atoms with Gasteiger partial charge in [0.2, 0.25) is 5.91 Å². The topological polar surface area (TPSA) is 41.1 Å². The van der Waals surface area contributed by atoms with Crippen LogP contribution in [0.25, 0.3) is 0 Å². The Hall–Kier alpha value is -1.35. The number of para-hydroxylation sites is 1. The first-order valence-electron chi connectivity index (χ1n) is 5.60. The largest absolute Gasteiger partial charge is 0.325 e. The fourth-order valence-corrected chi connectivity index (χ4v) is 2.13. The number of fused-ring (bicyclic) bond motifs is 1. The lowest BCUT2D eigenvalue weighted by Gasteiger charge is -2.31. The van der Waals surface area contributed by atoms with E-state index in [1.165, 1.54) is 5.56 Å². The van der Waals surface area contributed by atoms with Gasteiger partial charge in [0.25, 0.3) is 0 Å². The predicted molar refractivity (Wildman–Crippen MR) is 65.3 cm³/mol. The summed E-state index contributed by atoms with van der Waals surface area (Å²) < 4.78 is 0. The molecule has 0 saturated heterocycles. The van der Waals surface area contributed by atoms with Crippen molar-refractivity contribution in [1.29, 1.82) is 0 Å². The maximum atomic E-state index is 11.5. The minimum Gasteiger partial charge on any atom is -0.325 e. The maximum absolute atomic E-state index is 11.5. The van der Waals surface area contributed by atoms with Crippen molar-refractivity contribution in [3.05, 3.63) is 29.8 Å². The van der Waals surface area contributed by atoms with Gasteiger partial charge in [-0.3, -0.25) is 4.79 Å². The molecule has 2 N–H and O–H groups in total. The van der Waals surface area contributed by atoms with Crippen molar-refractivity contribution in [2.24, 2.45) is 5.41 Å². The van der Waals surface area contributed by atoms with Crippen molar-refractivity contribution >= 4 is 11.6 Å². The van der Waals surface area contributed by atoms with Crippen molar-refractivity contribution < 1.29 is 4.79 Å². The number of carbonyl (C=O) groups excluding carboxylic acids is 1. The van der Waals surface area contributed by atoms with Crippen LogP contribution in [0.5, 0.6) is 0 Å². The molecule has 2 rings (SSSR count). The molecule has 0 aromatic heterocycles. The molecule has 0 spiro atoms. The minimum absolute atomic E-state index is 0.0270. The lowest BCUT2D eigenvalue weighted by molar-refractivity contribution is -0.115. The smallest absolute Gasteiger partial charge is 0.238 e. The van der Waals surface area contributed by atoms with Crippen LogP contribution in [0.3, 0.4) is 0 Å². The van der Waals surface area contributed by atoms with Crippen molar-refractivity contribution in [1.82, 2.24) is 5.32 Å². The van der Waals surface area contributed by atoms with Crippen LogP contribution in [0.1, 0.15) is 32.4 Å². The van der Waals surface area contributed by atoms with Crippen LogP contribution in [-0.2, 0) is 4.79 Å². The van der Waals surface area contributed by atoms with Crippen LogP contribution in [0.4, 0.5) is 5.69 Å². The monoisotopic (exact) mass is 218 g/mol. The average molecular weight is 218 g/mol. The molecule has 1 aromatic carbocycles. The molecule has 16 heavy (non-hydrogen) atoms. The summed E-state index contributed by atoms with van der Waals surface area (Å²) in [5.41, 5.74) is 2.18. The molecule has 0 fully saturated rings. The molecule has 1 aliphatic rings. The number of amides is 1. The number of hydrogen-bond donors (Lipinski definition) is 2. The van der Waals surface area contributed by atoms with Gasteiger partial charge in [0, 0.05) is 11.7 Å². The molecule has 0 saturated carbocycles. The standard InChI is InChI=1S/C13H18N2O/c1-13(2,3)12-9-6-4-5-7-10(9)15-11(16)8-14-12/h4-7,12,14H,8H2,1-3H3,(H,15,16). The second-order valence-corrected chi connectivity index (χ2v) is 5.32. The van der Waals surface area contributed by atoms with E-state index in [2.05, 4.69) is 37.5 Å². The Balaban J connectivity index is 2.46. The van der Waals surface area contributed by atoms with Crippen LogP contribution in [0.15, 0.2) is 24.3 Å². The summed E-state index contributed by atoms with van der Waals surface area (Å²) in [5.74, 6) is 0.0270. The van der Waals surface area contributed by atoms with E-state index < -0.39 is 0 Å². The lowest BCUT2D eigenvalue weighted by Crippen LogP contribution is -2.34. The molecule has 1 heterocycles. The maximum Gasteiger partial charge on any atom is 0.238 e. The third kappa shape index (κ3) is 2.09. The number of nitrogens with one attached hydrogen (secondary N) is 2. The summed E-state index contributed by atoms with van der Waals surface area (Å²) in [4.78, 5) is 11.5. The number of anilines is 1. The van der Waals surface area contributed by atoms with E-state index in [1.54, 1.807) is 0 Å². The summed E-state index contributed by atoms with van der Waals surface area (Å²) in [6.07, 6.45) is 0. The normalized spacial score (nSPS) is 20.9. The van der Waals surface area contributed by atoms with E-state index in [9.17, 15) is 4.79 Å². The van der Waals surface area contributed by atoms with E-state index in [1.807, 2.05) is 18.2 Å². The van der Waals surface area contributed by atoms with Gasteiger partial charge in [-0.1, -0.05) is 39.0 Å². The van der Waals surface area contributed by atoms with Crippen LogP contribution in [0.2, 0.25) is 0 Å². The second-order valence-electron chi connectivity index (χ2n) is 5.32. The first-order valence-corrected chi connectivity index (χ1v) is 5.60. The van der Waals surface area contributed by atoms with Crippen LogP contribution < -0.4 is 10.6 Å². The van der Waals surface area contributed by atoms with E-state index in [4.69, 9.17) is 0 Å². The fourth-order valence-electron chi connectivity index (χ4n) is 2.13. The Labute approximate surface area is 96.2 Å². The molecule has 1 unspecified atom stereocenters. The van der Waals surface area contributed by atoms with Gasteiger partial charge < -0.3 is 10.6 Å². The summed E-state index contributed by atoms with van der Waals surface area (Å²) in [5, 5.41) is 6.24. The summed E-state index contributed by atoms with van der Waals surface area (Å²) in [7, 11) is 0. The van der Waals surface area contributed by atoms with Crippen molar-refractivity contribution in [3.63, 3.8) is 0 Å². The molecular weight excluding hydrogens is 200 g/mol. The minimum atomic E-state index is 0.0270. The molecule has 1 aromatic rings. The number of hydrogen-bond acceptors (Lipinski definition) is 2. The Morgan fingerprint density at radius 3 is 2.62 bits per heavy atom. The van der Waals surface area contributed by atoms with E-state index >= 15 is 0 Å². The van der Waals surface area contributed by atoms with Gasteiger partial charge in [0.05, 0.1) is 6.54 Å².